The normalized spacial score (nSPS) is 28.3. The highest BCUT2D eigenvalue weighted by atomic mass is 16.6. The van der Waals surface area contributed by atoms with Crippen molar-refractivity contribution in [3.63, 3.8) is 0 Å². The lowest BCUT2D eigenvalue weighted by Crippen LogP contribution is -2.61. The van der Waals surface area contributed by atoms with Crippen molar-refractivity contribution in [1.82, 2.24) is 4.98 Å². The van der Waals surface area contributed by atoms with Gasteiger partial charge in [0.15, 0.2) is 12.1 Å². The number of Topliss-reactive ketones (excluding diaryl/α,β-unsaturated/α-hetero) is 1. The zero-order valence-corrected chi connectivity index (χ0v) is 14.8. The molecule has 0 amide bonds. The molecule has 27 heavy (non-hydrogen) atoms. The van der Waals surface area contributed by atoms with Gasteiger partial charge < -0.3 is 35.5 Å². The smallest absolute Gasteiger partial charge is 0.252 e. The molecule has 3 unspecified atom stereocenters. The zero-order valence-electron chi connectivity index (χ0n) is 14.8. The third kappa shape index (κ3) is 3.47. The summed E-state index contributed by atoms with van der Waals surface area (Å²) in [6.45, 7) is 2.41. The number of fused-ring (bicyclic) bond motifs is 1. The van der Waals surface area contributed by atoms with Crippen LogP contribution in [0, 0.1) is 6.92 Å². The molecule has 9 nitrogen and oxygen atoms in total. The van der Waals surface area contributed by atoms with E-state index in [1.54, 1.807) is 25.1 Å². The van der Waals surface area contributed by atoms with Gasteiger partial charge in [-0.25, -0.2) is 0 Å². The summed E-state index contributed by atoms with van der Waals surface area (Å²) in [6.07, 6.45) is -5.35. The number of aromatic nitrogens is 1. The van der Waals surface area contributed by atoms with Crippen molar-refractivity contribution in [2.24, 2.45) is 0 Å². The van der Waals surface area contributed by atoms with Gasteiger partial charge in [-0.15, -0.1) is 0 Å². The van der Waals surface area contributed by atoms with Gasteiger partial charge in [-0.05, 0) is 26.0 Å². The Balaban J connectivity index is 1.96. The molecule has 1 aliphatic rings. The van der Waals surface area contributed by atoms with E-state index < -0.39 is 37.3 Å². The molecular formula is C18H22N2O7. The van der Waals surface area contributed by atoms with Crippen LogP contribution in [0.25, 0.3) is 10.9 Å². The van der Waals surface area contributed by atoms with Crippen molar-refractivity contribution in [2.75, 3.05) is 11.9 Å². The fraction of sp³-hybridized carbons (Fsp3) is 0.444. The van der Waals surface area contributed by atoms with Gasteiger partial charge in [0.1, 0.15) is 24.4 Å². The molecule has 6 N–H and O–H groups in total. The van der Waals surface area contributed by atoms with Crippen LogP contribution in [0.4, 0.5) is 5.69 Å². The summed E-state index contributed by atoms with van der Waals surface area (Å²) >= 11 is 0. The predicted molar refractivity (Wildman–Crippen MR) is 96.7 cm³/mol. The molecule has 0 radical (unpaired) electrons. The molecule has 0 spiro atoms. The molecule has 9 heteroatoms. The number of anilines is 1. The van der Waals surface area contributed by atoms with Crippen LogP contribution in [0.15, 0.2) is 23.0 Å². The first-order chi connectivity index (χ1) is 12.7. The van der Waals surface area contributed by atoms with Crippen LogP contribution >= 0.6 is 0 Å². The molecule has 3 rings (SSSR count). The SMILES string of the molecule is CC(=O)c1c(C)c(=O)[nH]c2cc(N[C@@H]3C(O)OC(CO)[C@@H](O)C3O)ccc12. The minimum absolute atomic E-state index is 0.228. The fourth-order valence-electron chi connectivity index (χ4n) is 3.39. The fourth-order valence-corrected chi connectivity index (χ4v) is 3.39. The lowest BCUT2D eigenvalue weighted by atomic mass is 9.96. The number of carbonyl (C=O) groups excluding carboxylic acids is 1. The molecule has 1 aromatic heterocycles. The maximum absolute atomic E-state index is 12.1. The molecule has 5 atom stereocenters. The molecule has 1 saturated heterocycles. The Hall–Kier alpha value is -2.30. The highest BCUT2D eigenvalue weighted by molar-refractivity contribution is 6.07. The van der Waals surface area contributed by atoms with Gasteiger partial charge in [-0.2, -0.15) is 0 Å². The van der Waals surface area contributed by atoms with E-state index in [0.717, 1.165) is 0 Å². The standard InChI is InChI=1S/C18H22N2O7/c1-7-13(8(2)22)10-4-3-9(5-11(10)20-17(7)25)19-14-16(24)15(23)12(6-21)27-18(14)26/h3-5,12,14-16,18-19,21,23-24,26H,6H2,1-2H3,(H,20,25)/t12?,14-,15+,16?,18?/m0/s1. The summed E-state index contributed by atoms with van der Waals surface area (Å²) in [5.41, 5.74) is 1.13. The number of carbonyl (C=O) groups is 1. The first-order valence-corrected chi connectivity index (χ1v) is 8.49. The number of aromatic amines is 1. The monoisotopic (exact) mass is 378 g/mol. The minimum atomic E-state index is -1.47. The van der Waals surface area contributed by atoms with Crippen molar-refractivity contribution in [1.29, 1.82) is 0 Å². The molecule has 1 aliphatic heterocycles. The second-order valence-electron chi connectivity index (χ2n) is 6.67. The van der Waals surface area contributed by atoms with E-state index in [4.69, 9.17) is 9.84 Å². The predicted octanol–water partition coefficient (Wildman–Crippen LogP) is -0.749. The Morgan fingerprint density at radius 1 is 1.26 bits per heavy atom. The lowest BCUT2D eigenvalue weighted by molar-refractivity contribution is -0.245. The summed E-state index contributed by atoms with van der Waals surface area (Å²) in [6, 6.07) is 3.76. The van der Waals surface area contributed by atoms with E-state index in [-0.39, 0.29) is 11.3 Å². The number of hydrogen-bond donors (Lipinski definition) is 6. The zero-order chi connectivity index (χ0) is 19.9. The number of aliphatic hydroxyl groups excluding tert-OH is 4. The van der Waals surface area contributed by atoms with Gasteiger partial charge in [-0.1, -0.05) is 6.07 Å². The number of benzene rings is 1. The Kier molecular flexibility index (Phi) is 5.31. The van der Waals surface area contributed by atoms with E-state index in [9.17, 15) is 24.9 Å². The van der Waals surface area contributed by atoms with Crippen LogP contribution in [0.2, 0.25) is 0 Å². The minimum Gasteiger partial charge on any atom is -0.394 e. The number of ketones is 1. The van der Waals surface area contributed by atoms with Crippen molar-refractivity contribution < 1.29 is 30.0 Å². The summed E-state index contributed by atoms with van der Waals surface area (Å²) < 4.78 is 5.11. The van der Waals surface area contributed by atoms with Crippen LogP contribution in [0.3, 0.4) is 0 Å². The Morgan fingerprint density at radius 2 is 1.96 bits per heavy atom. The molecule has 0 aliphatic carbocycles. The van der Waals surface area contributed by atoms with Crippen LogP contribution in [0.5, 0.6) is 0 Å². The molecule has 146 valence electrons. The van der Waals surface area contributed by atoms with Crippen molar-refractivity contribution in [3.8, 4) is 0 Å². The largest absolute Gasteiger partial charge is 0.394 e. The van der Waals surface area contributed by atoms with Crippen molar-refractivity contribution in [2.45, 2.75) is 44.5 Å². The second-order valence-corrected chi connectivity index (χ2v) is 6.67. The molecule has 1 fully saturated rings. The highest BCUT2D eigenvalue weighted by Gasteiger charge is 2.43. The first-order valence-electron chi connectivity index (χ1n) is 8.49. The Labute approximate surface area is 154 Å². The number of aliphatic hydroxyl groups is 4. The summed E-state index contributed by atoms with van der Waals surface area (Å²) in [5.74, 6) is -0.228. The number of rotatable bonds is 4. The first kappa shape index (κ1) is 19.5. The number of ether oxygens (including phenoxy) is 1. The molecule has 0 bridgehead atoms. The molecular weight excluding hydrogens is 356 g/mol. The molecule has 2 aromatic rings. The Morgan fingerprint density at radius 3 is 2.59 bits per heavy atom. The second kappa shape index (κ2) is 7.37. The number of H-pyrrole nitrogens is 1. The number of hydrogen-bond acceptors (Lipinski definition) is 8. The van der Waals surface area contributed by atoms with Gasteiger partial charge in [0.2, 0.25) is 0 Å². The molecule has 1 aromatic carbocycles. The van der Waals surface area contributed by atoms with Gasteiger partial charge in [0, 0.05) is 22.2 Å². The molecule has 0 saturated carbocycles. The van der Waals surface area contributed by atoms with Crippen molar-refractivity contribution >= 4 is 22.4 Å². The third-order valence-corrected chi connectivity index (χ3v) is 4.84. The maximum atomic E-state index is 12.1. The number of nitrogens with one attached hydrogen (secondary N) is 2. The van der Waals surface area contributed by atoms with Crippen LogP contribution in [-0.4, -0.2) is 68.4 Å². The average Bonchev–Trinajstić information content (AvgIpc) is 2.62. The van der Waals surface area contributed by atoms with Crippen LogP contribution in [-0.2, 0) is 4.74 Å². The summed E-state index contributed by atoms with van der Waals surface area (Å²) in [4.78, 5) is 26.7. The third-order valence-electron chi connectivity index (χ3n) is 4.84. The average molecular weight is 378 g/mol. The van der Waals surface area contributed by atoms with E-state index in [1.165, 1.54) is 6.92 Å². The number of pyridine rings is 1. The van der Waals surface area contributed by atoms with Crippen molar-refractivity contribution in [3.05, 3.63) is 39.7 Å². The van der Waals surface area contributed by atoms with Crippen LogP contribution < -0.4 is 10.9 Å². The topological polar surface area (TPSA) is 152 Å². The van der Waals surface area contributed by atoms with E-state index in [2.05, 4.69) is 10.3 Å². The highest BCUT2D eigenvalue weighted by Crippen LogP contribution is 2.26. The van der Waals surface area contributed by atoms with E-state index in [1.807, 2.05) is 0 Å². The van der Waals surface area contributed by atoms with Gasteiger partial charge in [0.25, 0.3) is 5.56 Å². The Bertz CT molecular complexity index is 926. The van der Waals surface area contributed by atoms with Gasteiger partial charge >= 0.3 is 0 Å². The summed E-state index contributed by atoms with van der Waals surface area (Å²) in [7, 11) is 0. The van der Waals surface area contributed by atoms with E-state index in [0.29, 0.717) is 27.7 Å². The van der Waals surface area contributed by atoms with Gasteiger partial charge in [0.05, 0.1) is 12.1 Å². The maximum Gasteiger partial charge on any atom is 0.252 e. The van der Waals surface area contributed by atoms with Crippen LogP contribution in [0.1, 0.15) is 22.8 Å². The molecule has 2 heterocycles. The van der Waals surface area contributed by atoms with Gasteiger partial charge in [-0.3, -0.25) is 9.59 Å². The summed E-state index contributed by atoms with van der Waals surface area (Å²) in [5, 5.41) is 42.8. The van der Waals surface area contributed by atoms with E-state index >= 15 is 0 Å². The quantitative estimate of drug-likeness (QED) is 0.380. The lowest BCUT2D eigenvalue weighted by Gasteiger charge is -2.40.